The van der Waals surface area contributed by atoms with E-state index in [4.69, 9.17) is 0 Å². The summed E-state index contributed by atoms with van der Waals surface area (Å²) < 4.78 is 0. The molecule has 0 amide bonds. The Bertz CT molecular complexity index is 528. The van der Waals surface area contributed by atoms with Crippen molar-refractivity contribution < 1.29 is 4.79 Å². The van der Waals surface area contributed by atoms with Gasteiger partial charge >= 0.3 is 0 Å². The molecule has 1 aromatic rings. The molecule has 0 bridgehead atoms. The number of hydrogen-bond acceptors (Lipinski definition) is 3. The van der Waals surface area contributed by atoms with Crippen molar-refractivity contribution in [2.24, 2.45) is 17.8 Å². The summed E-state index contributed by atoms with van der Waals surface area (Å²) in [6, 6.07) is 8.55. The lowest BCUT2D eigenvalue weighted by Gasteiger charge is -2.41. The zero-order valence-electron chi connectivity index (χ0n) is 13.4. The number of likely N-dealkylation sites (N-methyl/N-ethyl adjacent to an activating group) is 1. The van der Waals surface area contributed by atoms with Crippen LogP contribution in [0.25, 0.3) is 0 Å². The molecule has 1 heterocycles. The average Bonchev–Trinajstić information content (AvgIpc) is 2.45. The van der Waals surface area contributed by atoms with E-state index in [1.807, 2.05) is 0 Å². The molecule has 3 rings (SSSR count). The van der Waals surface area contributed by atoms with Crippen LogP contribution in [0.4, 0.5) is 11.4 Å². The van der Waals surface area contributed by atoms with Crippen molar-refractivity contribution >= 4 is 17.2 Å². The largest absolute Gasteiger partial charge is 0.371 e. The summed E-state index contributed by atoms with van der Waals surface area (Å²) >= 11 is 0. The fourth-order valence-corrected chi connectivity index (χ4v) is 3.97. The first-order valence-corrected chi connectivity index (χ1v) is 8.14. The lowest BCUT2D eigenvalue weighted by atomic mass is 9.74. The van der Waals surface area contributed by atoms with Gasteiger partial charge < -0.3 is 9.80 Å². The van der Waals surface area contributed by atoms with Crippen LogP contribution in [0.5, 0.6) is 0 Å². The van der Waals surface area contributed by atoms with Crippen LogP contribution in [0.2, 0.25) is 0 Å². The van der Waals surface area contributed by atoms with E-state index in [9.17, 15) is 4.79 Å². The molecule has 3 atom stereocenters. The van der Waals surface area contributed by atoms with Gasteiger partial charge in [-0.05, 0) is 30.4 Å². The van der Waals surface area contributed by atoms with Crippen LogP contribution in [-0.4, -0.2) is 32.5 Å². The lowest BCUT2D eigenvalue weighted by Crippen LogP contribution is -2.45. The Morgan fingerprint density at radius 2 is 1.86 bits per heavy atom. The minimum Gasteiger partial charge on any atom is -0.371 e. The van der Waals surface area contributed by atoms with Gasteiger partial charge in [0.2, 0.25) is 0 Å². The van der Waals surface area contributed by atoms with Crippen molar-refractivity contribution in [1.29, 1.82) is 0 Å². The summed E-state index contributed by atoms with van der Waals surface area (Å²) in [5, 5.41) is 0. The standard InChI is InChI=1S/C18H26N2O/c1-13-10-14(2)15(18(21)11-13)12-20-9-8-19(3)16-6-4-5-7-17(16)20/h4-7,13-15H,8-12H2,1-3H3. The van der Waals surface area contributed by atoms with Crippen LogP contribution in [-0.2, 0) is 4.79 Å². The minimum absolute atomic E-state index is 0.206. The highest BCUT2D eigenvalue weighted by atomic mass is 16.1. The van der Waals surface area contributed by atoms with Gasteiger partial charge in [0.15, 0.2) is 0 Å². The van der Waals surface area contributed by atoms with Gasteiger partial charge in [-0.15, -0.1) is 0 Å². The van der Waals surface area contributed by atoms with E-state index in [2.05, 4.69) is 55.0 Å². The fraction of sp³-hybridized carbons (Fsp3) is 0.611. The van der Waals surface area contributed by atoms with Crippen molar-refractivity contribution in [3.05, 3.63) is 24.3 Å². The molecule has 3 nitrogen and oxygen atoms in total. The number of rotatable bonds is 2. The normalized spacial score (nSPS) is 29.5. The number of fused-ring (bicyclic) bond motifs is 1. The van der Waals surface area contributed by atoms with Gasteiger partial charge in [0, 0.05) is 39.0 Å². The molecule has 0 saturated heterocycles. The average molecular weight is 286 g/mol. The van der Waals surface area contributed by atoms with Crippen molar-refractivity contribution in [2.75, 3.05) is 36.5 Å². The number of para-hydroxylation sites is 2. The Kier molecular flexibility index (Phi) is 3.92. The van der Waals surface area contributed by atoms with Crippen molar-refractivity contribution in [3.63, 3.8) is 0 Å². The van der Waals surface area contributed by atoms with Gasteiger partial charge in [0.25, 0.3) is 0 Å². The highest BCUT2D eigenvalue weighted by Crippen LogP contribution is 2.36. The molecular weight excluding hydrogens is 260 g/mol. The molecule has 0 aromatic heterocycles. The SMILES string of the molecule is CC1CC(=O)C(CN2CCN(C)c3ccccc32)C(C)C1. The fourth-order valence-electron chi connectivity index (χ4n) is 3.97. The number of carbonyl (C=O) groups is 1. The second-order valence-corrected chi connectivity index (χ2v) is 6.95. The Morgan fingerprint density at radius 1 is 1.14 bits per heavy atom. The molecule has 0 spiro atoms. The summed E-state index contributed by atoms with van der Waals surface area (Å²) in [6.45, 7) is 7.38. The van der Waals surface area contributed by atoms with Gasteiger partial charge in [-0.2, -0.15) is 0 Å². The molecular formula is C18H26N2O. The lowest BCUT2D eigenvalue weighted by molar-refractivity contribution is -0.127. The van der Waals surface area contributed by atoms with Crippen molar-refractivity contribution in [2.45, 2.75) is 26.7 Å². The van der Waals surface area contributed by atoms with Gasteiger partial charge in [-0.1, -0.05) is 26.0 Å². The Hall–Kier alpha value is -1.51. The summed E-state index contributed by atoms with van der Waals surface area (Å²) in [5.74, 6) is 1.74. The molecule has 2 aliphatic rings. The van der Waals surface area contributed by atoms with E-state index < -0.39 is 0 Å². The Balaban J connectivity index is 1.79. The van der Waals surface area contributed by atoms with Crippen LogP contribution in [0.3, 0.4) is 0 Å². The maximum Gasteiger partial charge on any atom is 0.138 e. The summed E-state index contributed by atoms with van der Waals surface area (Å²) in [5.41, 5.74) is 2.57. The summed E-state index contributed by atoms with van der Waals surface area (Å²) in [4.78, 5) is 17.2. The Labute approximate surface area is 127 Å². The number of ketones is 1. The third kappa shape index (κ3) is 2.78. The van der Waals surface area contributed by atoms with Gasteiger partial charge in [-0.3, -0.25) is 4.79 Å². The van der Waals surface area contributed by atoms with Crippen LogP contribution >= 0.6 is 0 Å². The number of anilines is 2. The predicted molar refractivity (Wildman–Crippen MR) is 88.0 cm³/mol. The molecule has 0 radical (unpaired) electrons. The number of benzene rings is 1. The van der Waals surface area contributed by atoms with E-state index in [1.165, 1.54) is 17.8 Å². The van der Waals surface area contributed by atoms with Crippen LogP contribution in [0.1, 0.15) is 26.7 Å². The maximum absolute atomic E-state index is 12.4. The first kappa shape index (κ1) is 14.4. The molecule has 1 aliphatic carbocycles. The smallest absolute Gasteiger partial charge is 0.138 e. The zero-order valence-corrected chi connectivity index (χ0v) is 13.4. The minimum atomic E-state index is 0.206. The molecule has 1 saturated carbocycles. The van der Waals surface area contributed by atoms with E-state index in [1.54, 1.807) is 0 Å². The molecule has 21 heavy (non-hydrogen) atoms. The monoisotopic (exact) mass is 286 g/mol. The van der Waals surface area contributed by atoms with E-state index in [0.29, 0.717) is 17.6 Å². The zero-order chi connectivity index (χ0) is 15.0. The number of carbonyl (C=O) groups excluding carboxylic acids is 1. The number of hydrogen-bond donors (Lipinski definition) is 0. The van der Waals surface area contributed by atoms with E-state index in [-0.39, 0.29) is 5.92 Å². The molecule has 1 aliphatic heterocycles. The van der Waals surface area contributed by atoms with E-state index in [0.717, 1.165) is 26.1 Å². The number of Topliss-reactive ketones (excluding diaryl/α,β-unsaturated/α-hetero) is 1. The van der Waals surface area contributed by atoms with Gasteiger partial charge in [0.05, 0.1) is 11.4 Å². The Morgan fingerprint density at radius 3 is 2.57 bits per heavy atom. The first-order valence-electron chi connectivity index (χ1n) is 8.14. The van der Waals surface area contributed by atoms with Crippen LogP contribution in [0.15, 0.2) is 24.3 Å². The van der Waals surface area contributed by atoms with Crippen molar-refractivity contribution in [1.82, 2.24) is 0 Å². The number of nitrogens with zero attached hydrogens (tertiary/aromatic N) is 2. The predicted octanol–water partition coefficient (Wildman–Crippen LogP) is 3.19. The highest BCUT2D eigenvalue weighted by molar-refractivity contribution is 5.83. The third-order valence-electron chi connectivity index (χ3n) is 5.18. The maximum atomic E-state index is 12.4. The summed E-state index contributed by atoms with van der Waals surface area (Å²) in [6.07, 6.45) is 1.95. The second kappa shape index (κ2) is 5.70. The topological polar surface area (TPSA) is 23.6 Å². The molecule has 3 heteroatoms. The first-order chi connectivity index (χ1) is 10.1. The molecule has 1 fully saturated rings. The highest BCUT2D eigenvalue weighted by Gasteiger charge is 2.34. The summed E-state index contributed by atoms with van der Waals surface area (Å²) in [7, 11) is 2.15. The third-order valence-corrected chi connectivity index (χ3v) is 5.18. The second-order valence-electron chi connectivity index (χ2n) is 6.95. The molecule has 1 aromatic carbocycles. The van der Waals surface area contributed by atoms with Gasteiger partial charge in [-0.25, -0.2) is 0 Å². The van der Waals surface area contributed by atoms with Crippen molar-refractivity contribution in [3.8, 4) is 0 Å². The molecule has 0 N–H and O–H groups in total. The van der Waals surface area contributed by atoms with Gasteiger partial charge in [0.1, 0.15) is 5.78 Å². The van der Waals surface area contributed by atoms with Crippen LogP contribution < -0.4 is 9.80 Å². The van der Waals surface area contributed by atoms with E-state index >= 15 is 0 Å². The molecule has 114 valence electrons. The molecule has 3 unspecified atom stereocenters. The quantitative estimate of drug-likeness (QED) is 0.834. The van der Waals surface area contributed by atoms with Crippen LogP contribution in [0, 0.1) is 17.8 Å².